The van der Waals surface area contributed by atoms with E-state index < -0.39 is 42.3 Å². The summed E-state index contributed by atoms with van der Waals surface area (Å²) in [7, 11) is 0. The van der Waals surface area contributed by atoms with E-state index in [9.17, 15) is 24.9 Å². The van der Waals surface area contributed by atoms with E-state index in [0.29, 0.717) is 0 Å². The van der Waals surface area contributed by atoms with Crippen LogP contribution in [0.4, 0.5) is 0 Å². The lowest BCUT2D eigenvalue weighted by Crippen LogP contribution is -2.33. The van der Waals surface area contributed by atoms with Crippen molar-refractivity contribution in [2.45, 2.75) is 18.6 Å². The highest BCUT2D eigenvalue weighted by atomic mass is 16.6. The standard InChI is InChI=1S/C18H16O7/c19-13(17-15(21)16(22)18(23)25-17)9-24-14(20)8-11-6-3-5-10-4-1-2-7-12(10)11/h1-7,13,17,19,21-22H,8-9H2/t13-,17+/m0/s1. The molecular weight excluding hydrogens is 328 g/mol. The van der Waals surface area contributed by atoms with E-state index in [4.69, 9.17) is 4.74 Å². The van der Waals surface area contributed by atoms with Crippen molar-refractivity contribution in [3.8, 4) is 0 Å². The number of fused-ring (bicyclic) bond motifs is 1. The van der Waals surface area contributed by atoms with Crippen LogP contribution in [0, 0.1) is 0 Å². The molecule has 0 spiro atoms. The number of hydrogen-bond acceptors (Lipinski definition) is 7. The van der Waals surface area contributed by atoms with E-state index in [-0.39, 0.29) is 6.42 Å². The zero-order valence-electron chi connectivity index (χ0n) is 13.1. The zero-order chi connectivity index (χ0) is 18.0. The fourth-order valence-corrected chi connectivity index (χ4v) is 2.65. The van der Waals surface area contributed by atoms with E-state index in [1.165, 1.54) is 0 Å². The Morgan fingerprint density at radius 1 is 1.16 bits per heavy atom. The average Bonchev–Trinajstić information content (AvgIpc) is 2.87. The number of benzene rings is 2. The molecule has 0 radical (unpaired) electrons. The molecule has 7 nitrogen and oxygen atoms in total. The molecule has 1 heterocycles. The summed E-state index contributed by atoms with van der Waals surface area (Å²) < 4.78 is 9.59. The quantitative estimate of drug-likeness (QED) is 0.705. The lowest BCUT2D eigenvalue weighted by Gasteiger charge is -2.17. The molecule has 2 aromatic carbocycles. The van der Waals surface area contributed by atoms with Crippen LogP contribution in [0.2, 0.25) is 0 Å². The average molecular weight is 344 g/mol. The minimum absolute atomic E-state index is 0.00555. The van der Waals surface area contributed by atoms with E-state index in [2.05, 4.69) is 4.74 Å². The minimum atomic E-state index is -1.48. The van der Waals surface area contributed by atoms with Crippen molar-refractivity contribution in [2.75, 3.05) is 6.61 Å². The van der Waals surface area contributed by atoms with Gasteiger partial charge in [-0.25, -0.2) is 4.79 Å². The predicted molar refractivity (Wildman–Crippen MR) is 86.8 cm³/mol. The van der Waals surface area contributed by atoms with Crippen molar-refractivity contribution in [3.05, 3.63) is 59.5 Å². The Morgan fingerprint density at radius 2 is 1.88 bits per heavy atom. The molecule has 1 aliphatic rings. The van der Waals surface area contributed by atoms with Crippen LogP contribution in [-0.2, 0) is 25.5 Å². The van der Waals surface area contributed by atoms with Crippen LogP contribution in [0.1, 0.15) is 5.56 Å². The van der Waals surface area contributed by atoms with Gasteiger partial charge in [-0.15, -0.1) is 0 Å². The Kier molecular flexibility index (Phi) is 4.58. The maximum Gasteiger partial charge on any atom is 0.377 e. The van der Waals surface area contributed by atoms with Crippen LogP contribution < -0.4 is 0 Å². The first-order chi connectivity index (χ1) is 12.0. The second-order valence-corrected chi connectivity index (χ2v) is 5.63. The smallest absolute Gasteiger partial charge is 0.377 e. The van der Waals surface area contributed by atoms with Crippen molar-refractivity contribution in [1.82, 2.24) is 0 Å². The van der Waals surface area contributed by atoms with E-state index in [1.54, 1.807) is 0 Å². The maximum atomic E-state index is 12.0. The molecule has 0 aromatic heterocycles. The van der Waals surface area contributed by atoms with Crippen LogP contribution in [0.3, 0.4) is 0 Å². The summed E-state index contributed by atoms with van der Waals surface area (Å²) in [5, 5.41) is 30.5. The number of carbonyl (C=O) groups is 2. The van der Waals surface area contributed by atoms with E-state index in [1.807, 2.05) is 42.5 Å². The van der Waals surface area contributed by atoms with Crippen molar-refractivity contribution in [1.29, 1.82) is 0 Å². The van der Waals surface area contributed by atoms with Gasteiger partial charge in [0.05, 0.1) is 6.42 Å². The van der Waals surface area contributed by atoms with Crippen molar-refractivity contribution < 1.29 is 34.4 Å². The minimum Gasteiger partial charge on any atom is -0.505 e. The molecule has 25 heavy (non-hydrogen) atoms. The molecule has 0 saturated carbocycles. The number of cyclic esters (lactones) is 1. The molecule has 0 bridgehead atoms. The number of aliphatic hydroxyl groups excluding tert-OH is 3. The van der Waals surface area contributed by atoms with Gasteiger partial charge in [-0.3, -0.25) is 4.79 Å². The largest absolute Gasteiger partial charge is 0.505 e. The fourth-order valence-electron chi connectivity index (χ4n) is 2.65. The first-order valence-electron chi connectivity index (χ1n) is 7.61. The van der Waals surface area contributed by atoms with Gasteiger partial charge < -0.3 is 24.8 Å². The van der Waals surface area contributed by atoms with Crippen molar-refractivity contribution >= 4 is 22.7 Å². The zero-order valence-corrected chi connectivity index (χ0v) is 13.1. The number of aliphatic hydroxyl groups is 3. The lowest BCUT2D eigenvalue weighted by molar-refractivity contribution is -0.154. The topological polar surface area (TPSA) is 113 Å². The van der Waals surface area contributed by atoms with Crippen molar-refractivity contribution in [2.24, 2.45) is 0 Å². The number of hydrogen-bond donors (Lipinski definition) is 3. The summed E-state index contributed by atoms with van der Waals surface area (Å²) in [4.78, 5) is 23.1. The molecule has 3 N–H and O–H groups in total. The Balaban J connectivity index is 1.61. The number of esters is 2. The summed E-state index contributed by atoms with van der Waals surface area (Å²) >= 11 is 0. The lowest BCUT2D eigenvalue weighted by atomic mass is 10.0. The third kappa shape index (κ3) is 3.41. The fraction of sp³-hybridized carbons (Fsp3) is 0.222. The van der Waals surface area contributed by atoms with Gasteiger partial charge in [0.1, 0.15) is 12.7 Å². The molecule has 0 aliphatic carbocycles. The molecule has 0 amide bonds. The van der Waals surface area contributed by atoms with Gasteiger partial charge in [0.15, 0.2) is 11.9 Å². The van der Waals surface area contributed by atoms with E-state index >= 15 is 0 Å². The van der Waals surface area contributed by atoms with Gasteiger partial charge in [0.25, 0.3) is 0 Å². The van der Waals surface area contributed by atoms with Crippen LogP contribution in [-0.4, -0.2) is 46.1 Å². The molecule has 3 rings (SSSR count). The summed E-state index contributed by atoms with van der Waals surface area (Å²) in [6, 6.07) is 13.2. The molecule has 1 aliphatic heterocycles. The van der Waals surface area contributed by atoms with Gasteiger partial charge in [-0.05, 0) is 16.3 Å². The number of ether oxygens (including phenoxy) is 2. The van der Waals surface area contributed by atoms with Crippen LogP contribution in [0.5, 0.6) is 0 Å². The third-order valence-corrected chi connectivity index (χ3v) is 3.92. The predicted octanol–water partition coefficient (Wildman–Crippen LogP) is 1.54. The SMILES string of the molecule is O=C(Cc1cccc2ccccc12)OC[C@H](O)[C@H]1OC(=O)C(O)=C1O. The Hall–Kier alpha value is -3.06. The van der Waals surface area contributed by atoms with Crippen LogP contribution >= 0.6 is 0 Å². The summed E-state index contributed by atoms with van der Waals surface area (Å²) in [5.41, 5.74) is 0.783. The molecule has 2 aromatic rings. The molecule has 2 atom stereocenters. The molecule has 7 heteroatoms. The Bertz CT molecular complexity index is 850. The van der Waals surface area contributed by atoms with Crippen molar-refractivity contribution in [3.63, 3.8) is 0 Å². The second-order valence-electron chi connectivity index (χ2n) is 5.63. The molecular formula is C18H16O7. The molecule has 0 fully saturated rings. The third-order valence-electron chi connectivity index (χ3n) is 3.92. The summed E-state index contributed by atoms with van der Waals surface area (Å²) in [6.45, 7) is -0.487. The molecule has 0 unspecified atom stereocenters. The van der Waals surface area contributed by atoms with Gasteiger partial charge in [-0.1, -0.05) is 42.5 Å². The Labute approximate surface area is 142 Å². The van der Waals surface area contributed by atoms with E-state index in [0.717, 1.165) is 16.3 Å². The van der Waals surface area contributed by atoms with Gasteiger partial charge in [-0.2, -0.15) is 0 Å². The molecule has 0 saturated heterocycles. The number of rotatable bonds is 5. The monoisotopic (exact) mass is 344 g/mol. The van der Waals surface area contributed by atoms with Gasteiger partial charge >= 0.3 is 11.9 Å². The summed E-state index contributed by atoms with van der Waals surface area (Å²) in [5.74, 6) is -3.44. The Morgan fingerprint density at radius 3 is 2.60 bits per heavy atom. The van der Waals surface area contributed by atoms with Gasteiger partial charge in [0, 0.05) is 0 Å². The van der Waals surface area contributed by atoms with Crippen LogP contribution in [0.15, 0.2) is 54.0 Å². The highest BCUT2D eigenvalue weighted by molar-refractivity contribution is 5.89. The highest BCUT2D eigenvalue weighted by Gasteiger charge is 2.39. The second kappa shape index (κ2) is 6.82. The normalized spacial score (nSPS) is 18.3. The molecule has 130 valence electrons. The first-order valence-corrected chi connectivity index (χ1v) is 7.61. The first kappa shape index (κ1) is 16.8. The van der Waals surface area contributed by atoms with Crippen LogP contribution in [0.25, 0.3) is 10.8 Å². The summed E-state index contributed by atoms with van der Waals surface area (Å²) in [6.07, 6.45) is -2.92. The number of carbonyl (C=O) groups excluding carboxylic acids is 2. The highest BCUT2D eigenvalue weighted by Crippen LogP contribution is 2.22. The van der Waals surface area contributed by atoms with Gasteiger partial charge in [0.2, 0.25) is 5.76 Å². The maximum absolute atomic E-state index is 12.0.